The Morgan fingerprint density at radius 3 is 2.30 bits per heavy atom. The Morgan fingerprint density at radius 1 is 1.15 bits per heavy atom. The zero-order valence-electron chi connectivity index (χ0n) is 12.2. The number of hydrogen-bond donors (Lipinski definition) is 1. The molecule has 20 heavy (non-hydrogen) atoms. The molecule has 114 valence electrons. The van der Waals surface area contributed by atoms with Gasteiger partial charge in [0.25, 0.3) is 0 Å². The fraction of sp³-hybridized carbons (Fsp3) is 0.571. The first-order valence-corrected chi connectivity index (χ1v) is 8.13. The molecule has 2 rings (SSSR count). The highest BCUT2D eigenvalue weighted by molar-refractivity contribution is 7.89. The maximum absolute atomic E-state index is 12.6. The average Bonchev–Trinajstić information content (AvgIpc) is 2.41. The van der Waals surface area contributed by atoms with Crippen LogP contribution in [0.1, 0.15) is 24.0 Å². The molecule has 1 saturated heterocycles. The van der Waals surface area contributed by atoms with Crippen molar-refractivity contribution in [1.29, 1.82) is 0 Å². The predicted molar refractivity (Wildman–Crippen MR) is 84.0 cm³/mol. The lowest BCUT2D eigenvalue weighted by Crippen LogP contribution is -2.43. The van der Waals surface area contributed by atoms with Gasteiger partial charge in [-0.1, -0.05) is 6.07 Å². The van der Waals surface area contributed by atoms with Gasteiger partial charge in [0.05, 0.1) is 4.90 Å². The number of halogens is 1. The van der Waals surface area contributed by atoms with Crippen molar-refractivity contribution in [2.45, 2.75) is 37.6 Å². The Balaban J connectivity index is 0.00000200. The molecule has 4 nitrogen and oxygen atoms in total. The summed E-state index contributed by atoms with van der Waals surface area (Å²) < 4.78 is 26.7. The molecule has 0 unspecified atom stereocenters. The third-order valence-electron chi connectivity index (χ3n) is 3.98. The Kier molecular flexibility index (Phi) is 6.01. The standard InChI is InChI=1S/C14H22N2O2S.ClH/c1-11-4-5-14(10-12(11)2)19(17,18)16(3)13-6-8-15-9-7-13;/h4-5,10,13,15H,6-9H2,1-3H3;1H. The van der Waals surface area contributed by atoms with Crippen LogP contribution >= 0.6 is 12.4 Å². The fourth-order valence-electron chi connectivity index (χ4n) is 2.41. The van der Waals surface area contributed by atoms with Gasteiger partial charge in [-0.05, 0) is 63.0 Å². The van der Waals surface area contributed by atoms with E-state index in [1.165, 1.54) is 4.31 Å². The van der Waals surface area contributed by atoms with Gasteiger partial charge in [-0.2, -0.15) is 4.31 Å². The zero-order chi connectivity index (χ0) is 14.0. The smallest absolute Gasteiger partial charge is 0.243 e. The lowest BCUT2D eigenvalue weighted by molar-refractivity contribution is 0.296. The number of benzene rings is 1. The molecule has 0 bridgehead atoms. The average molecular weight is 319 g/mol. The van der Waals surface area contributed by atoms with Crippen molar-refractivity contribution in [3.63, 3.8) is 0 Å². The minimum atomic E-state index is -3.37. The molecule has 0 radical (unpaired) electrons. The number of rotatable bonds is 3. The second kappa shape index (κ2) is 6.89. The second-order valence-electron chi connectivity index (χ2n) is 5.25. The summed E-state index contributed by atoms with van der Waals surface area (Å²) in [5.74, 6) is 0. The van der Waals surface area contributed by atoms with Gasteiger partial charge in [0, 0.05) is 13.1 Å². The molecule has 0 aliphatic carbocycles. The van der Waals surface area contributed by atoms with Gasteiger partial charge in [-0.15, -0.1) is 12.4 Å². The van der Waals surface area contributed by atoms with Crippen LogP contribution in [0.4, 0.5) is 0 Å². The number of aryl methyl sites for hydroxylation is 2. The van der Waals surface area contributed by atoms with Crippen LogP contribution < -0.4 is 5.32 Å². The molecule has 1 aliphatic heterocycles. The monoisotopic (exact) mass is 318 g/mol. The maximum atomic E-state index is 12.6. The highest BCUT2D eigenvalue weighted by atomic mass is 35.5. The van der Waals surface area contributed by atoms with E-state index in [2.05, 4.69) is 5.32 Å². The highest BCUT2D eigenvalue weighted by Gasteiger charge is 2.28. The normalized spacial score (nSPS) is 17.0. The molecular weight excluding hydrogens is 296 g/mol. The van der Waals surface area contributed by atoms with E-state index in [0.29, 0.717) is 4.90 Å². The molecule has 0 atom stereocenters. The Morgan fingerprint density at radius 2 is 1.75 bits per heavy atom. The van der Waals surface area contributed by atoms with E-state index in [0.717, 1.165) is 37.1 Å². The molecule has 0 saturated carbocycles. The van der Waals surface area contributed by atoms with E-state index in [1.807, 2.05) is 19.9 Å². The first-order valence-electron chi connectivity index (χ1n) is 6.69. The third-order valence-corrected chi connectivity index (χ3v) is 5.88. The van der Waals surface area contributed by atoms with Gasteiger partial charge in [-0.3, -0.25) is 0 Å². The largest absolute Gasteiger partial charge is 0.317 e. The summed E-state index contributed by atoms with van der Waals surface area (Å²) in [7, 11) is -1.68. The summed E-state index contributed by atoms with van der Waals surface area (Å²) in [6.45, 7) is 5.70. The van der Waals surface area contributed by atoms with E-state index in [4.69, 9.17) is 0 Å². The van der Waals surface area contributed by atoms with Crippen molar-refractivity contribution in [1.82, 2.24) is 9.62 Å². The molecule has 1 aromatic carbocycles. The van der Waals surface area contributed by atoms with Crippen LogP contribution in [0.15, 0.2) is 23.1 Å². The van der Waals surface area contributed by atoms with Crippen LogP contribution in [-0.2, 0) is 10.0 Å². The molecule has 1 fully saturated rings. The second-order valence-corrected chi connectivity index (χ2v) is 7.25. The molecule has 0 aromatic heterocycles. The minimum Gasteiger partial charge on any atom is -0.317 e. The molecule has 6 heteroatoms. The molecule has 0 spiro atoms. The van der Waals surface area contributed by atoms with Crippen LogP contribution in [0, 0.1) is 13.8 Å². The molecule has 1 heterocycles. The van der Waals surface area contributed by atoms with Crippen molar-refractivity contribution < 1.29 is 8.42 Å². The van der Waals surface area contributed by atoms with Gasteiger partial charge < -0.3 is 5.32 Å². The third kappa shape index (κ3) is 3.52. The van der Waals surface area contributed by atoms with Gasteiger partial charge in [0.1, 0.15) is 0 Å². The summed E-state index contributed by atoms with van der Waals surface area (Å²) in [6.07, 6.45) is 1.75. The Bertz CT molecular complexity index is 554. The summed E-state index contributed by atoms with van der Waals surface area (Å²) >= 11 is 0. The summed E-state index contributed by atoms with van der Waals surface area (Å²) in [5.41, 5.74) is 2.13. The van der Waals surface area contributed by atoms with E-state index in [1.54, 1.807) is 19.2 Å². The number of nitrogens with zero attached hydrogens (tertiary/aromatic N) is 1. The van der Waals surface area contributed by atoms with Crippen molar-refractivity contribution in [2.75, 3.05) is 20.1 Å². The maximum Gasteiger partial charge on any atom is 0.243 e. The lowest BCUT2D eigenvalue weighted by Gasteiger charge is -2.31. The first-order chi connectivity index (χ1) is 8.93. The lowest BCUT2D eigenvalue weighted by atomic mass is 10.1. The number of piperidine rings is 1. The summed E-state index contributed by atoms with van der Waals surface area (Å²) in [6, 6.07) is 5.45. The molecule has 1 aliphatic rings. The highest BCUT2D eigenvalue weighted by Crippen LogP contribution is 2.22. The van der Waals surface area contributed by atoms with Gasteiger partial charge in [0.2, 0.25) is 10.0 Å². The van der Waals surface area contributed by atoms with Gasteiger partial charge >= 0.3 is 0 Å². The molecule has 1 aromatic rings. The number of nitrogens with one attached hydrogen (secondary N) is 1. The fourth-order valence-corrected chi connectivity index (χ4v) is 3.91. The summed E-state index contributed by atoms with van der Waals surface area (Å²) in [5, 5.41) is 3.26. The van der Waals surface area contributed by atoms with Crippen LogP contribution in [0.25, 0.3) is 0 Å². The summed E-state index contributed by atoms with van der Waals surface area (Å²) in [4.78, 5) is 0.400. The SMILES string of the molecule is Cc1ccc(S(=O)(=O)N(C)C2CCNCC2)cc1C.Cl. The van der Waals surface area contributed by atoms with Crippen LogP contribution in [0.2, 0.25) is 0 Å². The van der Waals surface area contributed by atoms with Gasteiger partial charge in [0.15, 0.2) is 0 Å². The quantitative estimate of drug-likeness (QED) is 0.928. The van der Waals surface area contributed by atoms with E-state index >= 15 is 0 Å². The topological polar surface area (TPSA) is 49.4 Å². The van der Waals surface area contributed by atoms with Crippen molar-refractivity contribution in [3.05, 3.63) is 29.3 Å². The van der Waals surface area contributed by atoms with E-state index < -0.39 is 10.0 Å². The molecule has 0 amide bonds. The predicted octanol–water partition coefficient (Wildman–Crippen LogP) is 2.10. The van der Waals surface area contributed by atoms with Gasteiger partial charge in [-0.25, -0.2) is 8.42 Å². The van der Waals surface area contributed by atoms with Crippen molar-refractivity contribution in [2.24, 2.45) is 0 Å². The van der Waals surface area contributed by atoms with E-state index in [9.17, 15) is 8.42 Å². The van der Waals surface area contributed by atoms with Crippen LogP contribution in [0.3, 0.4) is 0 Å². The Labute approximate surface area is 128 Å². The molecule has 1 N–H and O–H groups in total. The van der Waals surface area contributed by atoms with Crippen molar-refractivity contribution >= 4 is 22.4 Å². The number of hydrogen-bond acceptors (Lipinski definition) is 3. The molecular formula is C14H23ClN2O2S. The minimum absolute atomic E-state index is 0. The Hall–Kier alpha value is -0.620. The zero-order valence-corrected chi connectivity index (χ0v) is 13.9. The van der Waals surface area contributed by atoms with Crippen molar-refractivity contribution in [3.8, 4) is 0 Å². The first kappa shape index (κ1) is 17.4. The van der Waals surface area contributed by atoms with E-state index in [-0.39, 0.29) is 18.4 Å². The van der Waals surface area contributed by atoms with Crippen LogP contribution in [-0.4, -0.2) is 38.9 Å². The number of sulfonamides is 1. The van der Waals surface area contributed by atoms with Crippen LogP contribution in [0.5, 0.6) is 0 Å².